The van der Waals surface area contributed by atoms with Crippen molar-refractivity contribution in [2.45, 2.75) is 18.4 Å². The van der Waals surface area contributed by atoms with Gasteiger partial charge in [-0.3, -0.25) is 0 Å². The van der Waals surface area contributed by atoms with Crippen LogP contribution in [-0.2, 0) is 18.3 Å². The first-order valence-electron chi connectivity index (χ1n) is 2.12. The summed E-state index contributed by atoms with van der Waals surface area (Å²) in [5, 5.41) is 9.69. The Morgan fingerprint density at radius 3 is 1.67 bits per heavy atom. The van der Waals surface area contributed by atoms with Crippen LogP contribution in [0.25, 0.3) is 0 Å². The molecule has 6 heavy (non-hydrogen) atoms. The van der Waals surface area contributed by atoms with Crippen molar-refractivity contribution in [3.8, 4) is 0 Å². The Morgan fingerprint density at radius 2 is 1.67 bits per heavy atom. The number of hydrogen-bond donors (Lipinski definition) is 0. The predicted octanol–water partition coefficient (Wildman–Crippen LogP) is 0.338. The fourth-order valence-electron chi connectivity index (χ4n) is 0. The third kappa shape index (κ3) is 23.5. The second kappa shape index (κ2) is 17.6. The Kier molecular flexibility index (Phi) is 28.6. The molecule has 0 saturated heterocycles. The summed E-state index contributed by atoms with van der Waals surface area (Å²) in [5.74, 6) is 0. The Morgan fingerprint density at radius 1 is 1.50 bits per heavy atom. The van der Waals surface area contributed by atoms with Gasteiger partial charge in [0.25, 0.3) is 0 Å². The smallest absolute Gasteiger partial charge is 0.153 e. The summed E-state index contributed by atoms with van der Waals surface area (Å²) in [6, 6.07) is 0. The Hall–Kier alpha value is 0.583. The topological polar surface area (TPSA) is 23.1 Å². The molecule has 0 aromatic rings. The zero-order chi connectivity index (χ0) is 5.41. The van der Waals surface area contributed by atoms with Crippen LogP contribution in [0.3, 0.4) is 0 Å². The van der Waals surface area contributed by atoms with Crippen LogP contribution in [0.5, 0.6) is 0 Å². The molecule has 0 heterocycles. The average Bonchev–Trinajstić information content (AvgIpc) is 1.72. The van der Waals surface area contributed by atoms with E-state index in [2.05, 4.69) is 6.92 Å². The van der Waals surface area contributed by atoms with Crippen LogP contribution < -0.4 is 5.11 Å². The minimum absolute atomic E-state index is 0.750. The van der Waals surface area contributed by atoms with E-state index in [-0.39, 0.29) is 0 Å². The summed E-state index contributed by atoms with van der Waals surface area (Å²) >= 11 is 1.47. The fraction of sp³-hybridized carbons (Fsp3) is 1.00. The van der Waals surface area contributed by atoms with Gasteiger partial charge >= 0.3 is 36.7 Å². The summed E-state index contributed by atoms with van der Waals surface area (Å²) in [4.78, 5) is 0. The normalized spacial score (nSPS) is 6.17. The van der Waals surface area contributed by atoms with Gasteiger partial charge in [0.1, 0.15) is 0 Å². The third-order valence-electron chi connectivity index (χ3n) is 0.354. The molecule has 0 radical (unpaired) electrons. The monoisotopic (exact) mass is 138 g/mol. The van der Waals surface area contributed by atoms with E-state index in [0.29, 0.717) is 0 Å². The molecular formula is C4H10OZn. The molecule has 0 aliphatic carbocycles. The van der Waals surface area contributed by atoms with Crippen molar-refractivity contribution in [1.29, 1.82) is 0 Å². The SMILES string of the molecule is CC[CH2][Zn+].C[O-]. The quantitative estimate of drug-likeness (QED) is 0.481. The van der Waals surface area contributed by atoms with E-state index >= 15 is 0 Å². The van der Waals surface area contributed by atoms with Crippen molar-refractivity contribution in [3.63, 3.8) is 0 Å². The van der Waals surface area contributed by atoms with E-state index in [1.54, 1.807) is 0 Å². The largest absolute Gasteiger partial charge is 0.857 e. The standard InChI is InChI=1S/C3H7.CH3O.Zn/c1-3-2;1-2;/h1,3H2,2H3;1H3;/q;-1;+1. The molecule has 2 heteroatoms. The summed E-state index contributed by atoms with van der Waals surface area (Å²) < 4.78 is 0. The molecule has 0 aliphatic heterocycles. The molecule has 0 aliphatic rings. The second-order valence-corrected chi connectivity index (χ2v) is 2.34. The van der Waals surface area contributed by atoms with Crippen LogP contribution >= 0.6 is 0 Å². The third-order valence-corrected chi connectivity index (χ3v) is 1.84. The molecule has 0 unspecified atom stereocenters. The molecule has 0 spiro atoms. The van der Waals surface area contributed by atoms with Crippen molar-refractivity contribution in [3.05, 3.63) is 0 Å². The van der Waals surface area contributed by atoms with Crippen molar-refractivity contribution < 1.29 is 23.4 Å². The van der Waals surface area contributed by atoms with E-state index in [0.717, 1.165) is 7.11 Å². The first-order chi connectivity index (χ1) is 2.91. The van der Waals surface area contributed by atoms with Gasteiger partial charge in [0.05, 0.1) is 0 Å². The molecule has 34 valence electrons. The molecule has 1 nitrogen and oxygen atoms in total. The number of rotatable bonds is 1. The summed E-state index contributed by atoms with van der Waals surface area (Å²) in [6.45, 7) is 2.21. The molecule has 0 bridgehead atoms. The molecule has 0 N–H and O–H groups in total. The van der Waals surface area contributed by atoms with Crippen LogP contribution in [0.1, 0.15) is 13.3 Å². The molecule has 0 atom stereocenters. The summed E-state index contributed by atoms with van der Waals surface area (Å²) in [6.07, 6.45) is 1.38. The van der Waals surface area contributed by atoms with Crippen LogP contribution in [-0.4, -0.2) is 7.11 Å². The van der Waals surface area contributed by atoms with Crippen LogP contribution in [0, 0.1) is 0 Å². The summed E-state index contributed by atoms with van der Waals surface area (Å²) in [5.41, 5.74) is 0. The van der Waals surface area contributed by atoms with E-state index < -0.39 is 0 Å². The Bertz CT molecular complexity index is 9.51. The zero-order valence-electron chi connectivity index (χ0n) is 4.53. The van der Waals surface area contributed by atoms with E-state index in [4.69, 9.17) is 5.11 Å². The van der Waals surface area contributed by atoms with Crippen molar-refractivity contribution in [1.82, 2.24) is 0 Å². The van der Waals surface area contributed by atoms with Gasteiger partial charge in [-0.05, 0) is 0 Å². The van der Waals surface area contributed by atoms with E-state index in [1.807, 2.05) is 0 Å². The predicted molar refractivity (Wildman–Crippen MR) is 21.0 cm³/mol. The minimum atomic E-state index is 0.750. The average molecular weight is 140 g/mol. The molecule has 0 fully saturated rings. The molecular weight excluding hydrogens is 129 g/mol. The molecule has 0 amide bonds. The first kappa shape index (κ1) is 9.77. The van der Waals surface area contributed by atoms with E-state index in [9.17, 15) is 0 Å². The number of hydrogen-bond acceptors (Lipinski definition) is 1. The van der Waals surface area contributed by atoms with Crippen molar-refractivity contribution in [2.75, 3.05) is 7.11 Å². The summed E-state index contributed by atoms with van der Waals surface area (Å²) in [7, 11) is 0.750. The van der Waals surface area contributed by atoms with Crippen molar-refractivity contribution in [2.24, 2.45) is 0 Å². The van der Waals surface area contributed by atoms with Crippen LogP contribution in [0.4, 0.5) is 0 Å². The maximum Gasteiger partial charge on any atom is -0.153 e. The van der Waals surface area contributed by atoms with Gasteiger partial charge in [-0.15, -0.1) is 0 Å². The zero-order valence-corrected chi connectivity index (χ0v) is 7.50. The maximum atomic E-state index is 8.25. The van der Waals surface area contributed by atoms with Gasteiger partial charge in [-0.1, -0.05) is 0 Å². The Labute approximate surface area is 49.4 Å². The van der Waals surface area contributed by atoms with Gasteiger partial charge in [-0.2, -0.15) is 7.11 Å². The van der Waals surface area contributed by atoms with Crippen LogP contribution in [0.15, 0.2) is 0 Å². The van der Waals surface area contributed by atoms with Gasteiger partial charge < -0.3 is 5.11 Å². The first-order valence-corrected chi connectivity index (χ1v) is 4.21. The second-order valence-electron chi connectivity index (χ2n) is 0.854. The Balaban J connectivity index is 0. The molecule has 0 aromatic heterocycles. The fourth-order valence-corrected chi connectivity index (χ4v) is 0. The molecule has 0 rings (SSSR count). The van der Waals surface area contributed by atoms with Gasteiger partial charge in [-0.25, -0.2) is 0 Å². The minimum Gasteiger partial charge on any atom is -0.857 e. The van der Waals surface area contributed by atoms with Crippen LogP contribution in [0.2, 0.25) is 5.02 Å². The van der Waals surface area contributed by atoms with Gasteiger partial charge in [0.2, 0.25) is 0 Å². The maximum absolute atomic E-state index is 8.25. The van der Waals surface area contributed by atoms with Gasteiger partial charge in [0.15, 0.2) is 0 Å². The molecule has 0 saturated carbocycles. The van der Waals surface area contributed by atoms with E-state index in [1.165, 1.54) is 29.7 Å². The molecule has 0 aromatic carbocycles. The van der Waals surface area contributed by atoms with Crippen molar-refractivity contribution >= 4 is 0 Å². The van der Waals surface area contributed by atoms with Gasteiger partial charge in [0, 0.05) is 0 Å².